The van der Waals surface area contributed by atoms with E-state index >= 15 is 0 Å². The van der Waals surface area contributed by atoms with Crippen LogP contribution in [-0.2, 0) is 14.3 Å². The molecular formula is C24H27ClO5. The summed E-state index contributed by atoms with van der Waals surface area (Å²) in [7, 11) is 0. The molecule has 0 amide bonds. The molecule has 5 nitrogen and oxygen atoms in total. The van der Waals surface area contributed by atoms with Crippen molar-refractivity contribution in [1.29, 1.82) is 0 Å². The molecule has 30 heavy (non-hydrogen) atoms. The van der Waals surface area contributed by atoms with E-state index in [-0.39, 0.29) is 18.4 Å². The number of para-hydroxylation sites is 1. The van der Waals surface area contributed by atoms with Crippen molar-refractivity contribution in [2.45, 2.75) is 38.6 Å². The Kier molecular flexibility index (Phi) is 8.31. The van der Waals surface area contributed by atoms with Crippen LogP contribution in [0, 0.1) is 5.92 Å². The number of halogens is 1. The van der Waals surface area contributed by atoms with Gasteiger partial charge in [0.15, 0.2) is 6.29 Å². The summed E-state index contributed by atoms with van der Waals surface area (Å²) in [6, 6.07) is 15.4. The smallest absolute Gasteiger partial charge is 0.303 e. The lowest BCUT2D eigenvalue weighted by atomic mass is 9.91. The number of carbonyl (C=O) groups is 1. The standard InChI is InChI=1S/C24H27ClO5/c1-2-28-21-14-9-7-12-19(21)23-17(10-4-3-5-15-22(26)27)16-29-24(30-23)18-11-6-8-13-20(18)25/h3-4,6-9,11-14,17,23-24H,2,5,10,15-16H2,1H3,(H,26,27). The molecule has 1 fully saturated rings. The van der Waals surface area contributed by atoms with Crippen LogP contribution in [0.5, 0.6) is 5.75 Å². The Morgan fingerprint density at radius 2 is 1.90 bits per heavy atom. The number of benzene rings is 2. The highest BCUT2D eigenvalue weighted by molar-refractivity contribution is 6.31. The number of carboxylic acid groups (broad SMARTS) is 1. The first kappa shape index (κ1) is 22.3. The van der Waals surface area contributed by atoms with Gasteiger partial charge in [-0.15, -0.1) is 0 Å². The topological polar surface area (TPSA) is 65.0 Å². The van der Waals surface area contributed by atoms with E-state index in [9.17, 15) is 4.79 Å². The number of rotatable bonds is 9. The minimum Gasteiger partial charge on any atom is -0.493 e. The number of allylic oxidation sites excluding steroid dienone is 2. The number of hydrogen-bond donors (Lipinski definition) is 1. The zero-order valence-electron chi connectivity index (χ0n) is 17.0. The Balaban J connectivity index is 1.82. The highest BCUT2D eigenvalue weighted by Crippen LogP contribution is 2.43. The first-order chi connectivity index (χ1) is 14.6. The first-order valence-electron chi connectivity index (χ1n) is 10.2. The zero-order valence-corrected chi connectivity index (χ0v) is 17.8. The highest BCUT2D eigenvalue weighted by Gasteiger charge is 2.35. The van der Waals surface area contributed by atoms with Crippen molar-refractivity contribution < 1.29 is 24.1 Å². The molecule has 1 aliphatic rings. The van der Waals surface area contributed by atoms with E-state index in [1.165, 1.54) is 0 Å². The maximum Gasteiger partial charge on any atom is 0.303 e. The van der Waals surface area contributed by atoms with E-state index in [1.54, 1.807) is 0 Å². The maximum atomic E-state index is 10.7. The number of aliphatic carboxylic acids is 1. The third-order valence-electron chi connectivity index (χ3n) is 4.97. The van der Waals surface area contributed by atoms with Gasteiger partial charge in [-0.3, -0.25) is 4.79 Å². The summed E-state index contributed by atoms with van der Waals surface area (Å²) >= 11 is 6.37. The van der Waals surface area contributed by atoms with Crippen LogP contribution in [0.1, 0.15) is 49.7 Å². The van der Waals surface area contributed by atoms with Crippen LogP contribution in [0.15, 0.2) is 60.7 Å². The van der Waals surface area contributed by atoms with Gasteiger partial charge in [0.1, 0.15) is 5.75 Å². The van der Waals surface area contributed by atoms with Crippen molar-refractivity contribution in [3.05, 3.63) is 76.8 Å². The summed E-state index contributed by atoms with van der Waals surface area (Å²) in [6.45, 7) is 3.01. The van der Waals surface area contributed by atoms with E-state index in [0.29, 0.717) is 31.1 Å². The Morgan fingerprint density at radius 1 is 1.17 bits per heavy atom. The highest BCUT2D eigenvalue weighted by atomic mass is 35.5. The average molecular weight is 431 g/mol. The molecule has 1 heterocycles. The van der Waals surface area contributed by atoms with Gasteiger partial charge < -0.3 is 19.3 Å². The molecule has 3 atom stereocenters. The van der Waals surface area contributed by atoms with Crippen molar-refractivity contribution in [3.8, 4) is 5.75 Å². The normalized spacial score (nSPS) is 21.6. The summed E-state index contributed by atoms with van der Waals surface area (Å²) in [6.07, 6.45) is 4.44. The third kappa shape index (κ3) is 5.85. The van der Waals surface area contributed by atoms with E-state index in [0.717, 1.165) is 16.9 Å². The third-order valence-corrected chi connectivity index (χ3v) is 5.32. The summed E-state index contributed by atoms with van der Waals surface area (Å²) in [5.74, 6) is 0.0613. The molecule has 6 heteroatoms. The predicted molar refractivity (Wildman–Crippen MR) is 116 cm³/mol. The zero-order chi connectivity index (χ0) is 21.3. The van der Waals surface area contributed by atoms with E-state index in [1.807, 2.05) is 67.6 Å². The molecule has 3 rings (SSSR count). The lowest BCUT2D eigenvalue weighted by Gasteiger charge is -2.37. The van der Waals surface area contributed by atoms with Gasteiger partial charge in [-0.25, -0.2) is 0 Å². The van der Waals surface area contributed by atoms with E-state index in [4.69, 9.17) is 30.9 Å². The quantitative estimate of drug-likeness (QED) is 0.498. The molecular weight excluding hydrogens is 404 g/mol. The summed E-state index contributed by atoms with van der Waals surface area (Å²) in [5.41, 5.74) is 1.78. The minimum absolute atomic E-state index is 0.0615. The molecule has 0 saturated carbocycles. The van der Waals surface area contributed by atoms with Crippen LogP contribution in [0.3, 0.4) is 0 Å². The Labute approximate surface area is 182 Å². The molecule has 0 bridgehead atoms. The van der Waals surface area contributed by atoms with Crippen LogP contribution in [0.4, 0.5) is 0 Å². The van der Waals surface area contributed by atoms with Gasteiger partial charge in [0.05, 0.1) is 19.3 Å². The Hall–Kier alpha value is -2.34. The molecule has 2 aromatic rings. The fourth-order valence-electron chi connectivity index (χ4n) is 3.53. The molecule has 2 aromatic carbocycles. The van der Waals surface area contributed by atoms with Gasteiger partial charge in [-0.05, 0) is 31.9 Å². The average Bonchev–Trinajstić information content (AvgIpc) is 2.74. The van der Waals surface area contributed by atoms with Crippen LogP contribution in [-0.4, -0.2) is 24.3 Å². The van der Waals surface area contributed by atoms with Crippen molar-refractivity contribution in [2.24, 2.45) is 5.92 Å². The van der Waals surface area contributed by atoms with Crippen LogP contribution >= 0.6 is 11.6 Å². The molecule has 160 valence electrons. The van der Waals surface area contributed by atoms with Gasteiger partial charge in [0.2, 0.25) is 0 Å². The van der Waals surface area contributed by atoms with Crippen LogP contribution < -0.4 is 4.74 Å². The second kappa shape index (κ2) is 11.2. The second-order valence-corrected chi connectivity index (χ2v) is 7.52. The van der Waals surface area contributed by atoms with E-state index in [2.05, 4.69) is 0 Å². The number of hydrogen-bond acceptors (Lipinski definition) is 4. The van der Waals surface area contributed by atoms with Gasteiger partial charge in [-0.2, -0.15) is 0 Å². The minimum atomic E-state index is -0.796. The molecule has 0 aromatic heterocycles. The van der Waals surface area contributed by atoms with Gasteiger partial charge in [0.25, 0.3) is 0 Å². The molecule has 1 aliphatic heterocycles. The largest absolute Gasteiger partial charge is 0.493 e. The predicted octanol–water partition coefficient (Wildman–Crippen LogP) is 5.95. The van der Waals surface area contributed by atoms with Crippen LogP contribution in [0.25, 0.3) is 0 Å². The fraction of sp³-hybridized carbons (Fsp3) is 0.375. The van der Waals surface area contributed by atoms with Gasteiger partial charge >= 0.3 is 5.97 Å². The molecule has 1 saturated heterocycles. The Morgan fingerprint density at radius 3 is 2.63 bits per heavy atom. The van der Waals surface area contributed by atoms with Crippen LogP contribution in [0.2, 0.25) is 5.02 Å². The number of carboxylic acids is 1. The van der Waals surface area contributed by atoms with Crippen molar-refractivity contribution in [2.75, 3.05) is 13.2 Å². The Bertz CT molecular complexity index is 866. The maximum absolute atomic E-state index is 10.7. The van der Waals surface area contributed by atoms with Gasteiger partial charge in [-0.1, -0.05) is 60.2 Å². The second-order valence-electron chi connectivity index (χ2n) is 7.11. The lowest BCUT2D eigenvalue weighted by Crippen LogP contribution is -2.31. The molecule has 1 N–H and O–H groups in total. The molecule has 0 radical (unpaired) electrons. The molecule has 0 aliphatic carbocycles. The van der Waals surface area contributed by atoms with Crippen molar-refractivity contribution in [1.82, 2.24) is 0 Å². The van der Waals surface area contributed by atoms with Crippen molar-refractivity contribution in [3.63, 3.8) is 0 Å². The fourth-order valence-corrected chi connectivity index (χ4v) is 3.75. The molecule has 0 spiro atoms. The monoisotopic (exact) mass is 430 g/mol. The molecule has 3 unspecified atom stereocenters. The lowest BCUT2D eigenvalue weighted by molar-refractivity contribution is -0.244. The summed E-state index contributed by atoms with van der Waals surface area (Å²) in [5, 5.41) is 9.40. The summed E-state index contributed by atoms with van der Waals surface area (Å²) in [4.78, 5) is 10.7. The van der Waals surface area contributed by atoms with E-state index < -0.39 is 12.3 Å². The number of ether oxygens (including phenoxy) is 3. The van der Waals surface area contributed by atoms with Crippen molar-refractivity contribution >= 4 is 17.6 Å². The van der Waals surface area contributed by atoms with Gasteiger partial charge in [0, 0.05) is 28.5 Å². The summed E-state index contributed by atoms with van der Waals surface area (Å²) < 4.78 is 18.3. The first-order valence-corrected chi connectivity index (χ1v) is 10.6. The SMILES string of the molecule is CCOc1ccccc1C1OC(c2ccccc2Cl)OCC1CC=CCCC(=O)O.